The molecule has 0 radical (unpaired) electrons. The summed E-state index contributed by atoms with van der Waals surface area (Å²) in [5, 5.41) is 3.33. The van der Waals surface area contributed by atoms with Gasteiger partial charge in [-0.05, 0) is 36.8 Å². The first-order valence-corrected chi connectivity index (χ1v) is 5.68. The second-order valence-corrected chi connectivity index (χ2v) is 4.75. The number of aromatic nitrogens is 1. The lowest BCUT2D eigenvalue weighted by Gasteiger charge is -2.12. The van der Waals surface area contributed by atoms with Gasteiger partial charge in [-0.2, -0.15) is 0 Å². The maximum absolute atomic E-state index is 11.9. The molecule has 1 aliphatic heterocycles. The molecule has 1 fully saturated rings. The van der Waals surface area contributed by atoms with E-state index in [2.05, 4.69) is 5.32 Å². The molecule has 1 aliphatic carbocycles. The zero-order chi connectivity index (χ0) is 10.4. The van der Waals surface area contributed by atoms with Crippen LogP contribution in [0.5, 0.6) is 0 Å². The first-order valence-electron chi connectivity index (χ1n) is 5.68. The van der Waals surface area contributed by atoms with E-state index in [4.69, 9.17) is 0 Å². The van der Waals surface area contributed by atoms with Gasteiger partial charge in [0.25, 0.3) is 5.56 Å². The minimum atomic E-state index is 0. The van der Waals surface area contributed by atoms with Crippen molar-refractivity contribution in [3.8, 4) is 0 Å². The van der Waals surface area contributed by atoms with Crippen LogP contribution in [0.2, 0.25) is 0 Å². The van der Waals surface area contributed by atoms with Gasteiger partial charge >= 0.3 is 0 Å². The number of nitrogens with one attached hydrogen (secondary N) is 1. The molecule has 1 aromatic rings. The van der Waals surface area contributed by atoms with Gasteiger partial charge in [0.15, 0.2) is 0 Å². The average molecular weight is 241 g/mol. The van der Waals surface area contributed by atoms with Gasteiger partial charge in [-0.3, -0.25) is 4.79 Å². The molecular formula is C12H17ClN2O. The normalized spacial score (nSPS) is 18.1. The summed E-state index contributed by atoms with van der Waals surface area (Å²) in [6.45, 7) is 4.75. The molecule has 3 rings (SSSR count). The first kappa shape index (κ1) is 11.7. The molecule has 88 valence electrons. The zero-order valence-corrected chi connectivity index (χ0v) is 10.3. The molecule has 0 unspecified atom stereocenters. The van der Waals surface area contributed by atoms with Crippen LogP contribution in [0.15, 0.2) is 10.9 Å². The molecule has 16 heavy (non-hydrogen) atoms. The van der Waals surface area contributed by atoms with Gasteiger partial charge in [-0.15, -0.1) is 12.4 Å². The Kier molecular flexibility index (Phi) is 3.08. The van der Waals surface area contributed by atoms with E-state index in [0.29, 0.717) is 0 Å². The van der Waals surface area contributed by atoms with E-state index >= 15 is 0 Å². The van der Waals surface area contributed by atoms with Gasteiger partial charge in [0.1, 0.15) is 0 Å². The maximum atomic E-state index is 11.9. The molecule has 1 aromatic heterocycles. The van der Waals surface area contributed by atoms with Crippen molar-refractivity contribution in [1.29, 1.82) is 0 Å². The Hall–Kier alpha value is -0.800. The van der Waals surface area contributed by atoms with Crippen LogP contribution >= 0.6 is 12.4 Å². The third kappa shape index (κ3) is 1.89. The molecule has 1 N–H and O–H groups in total. The highest BCUT2D eigenvalue weighted by Gasteiger charge is 2.25. The first-order chi connectivity index (χ1) is 7.25. The highest BCUT2D eigenvalue weighted by atomic mass is 35.5. The van der Waals surface area contributed by atoms with Gasteiger partial charge in [-0.25, -0.2) is 0 Å². The quantitative estimate of drug-likeness (QED) is 0.852. The van der Waals surface area contributed by atoms with E-state index in [0.717, 1.165) is 31.1 Å². The fourth-order valence-electron chi connectivity index (χ4n) is 2.38. The third-order valence-corrected chi connectivity index (χ3v) is 3.49. The van der Waals surface area contributed by atoms with Crippen LogP contribution in [0.25, 0.3) is 0 Å². The van der Waals surface area contributed by atoms with Crippen LogP contribution in [-0.2, 0) is 19.6 Å². The number of rotatable bonds is 2. The van der Waals surface area contributed by atoms with Crippen molar-refractivity contribution < 1.29 is 0 Å². The number of fused-ring (bicyclic) bond motifs is 1. The second-order valence-electron chi connectivity index (χ2n) is 4.75. The van der Waals surface area contributed by atoms with Crippen LogP contribution < -0.4 is 10.9 Å². The van der Waals surface area contributed by atoms with Crippen LogP contribution in [0.3, 0.4) is 0 Å². The summed E-state index contributed by atoms with van der Waals surface area (Å²) >= 11 is 0. The summed E-state index contributed by atoms with van der Waals surface area (Å²) in [7, 11) is 0. The molecular weight excluding hydrogens is 224 g/mol. The van der Waals surface area contributed by atoms with Crippen molar-refractivity contribution in [3.05, 3.63) is 33.2 Å². The monoisotopic (exact) mass is 240 g/mol. The summed E-state index contributed by atoms with van der Waals surface area (Å²) in [6, 6.07) is 1.79. The molecule has 1 saturated carbocycles. The molecule has 3 nitrogen and oxygen atoms in total. The fraction of sp³-hybridized carbons (Fsp3) is 0.583. The summed E-state index contributed by atoms with van der Waals surface area (Å²) in [6.07, 6.45) is 2.59. The van der Waals surface area contributed by atoms with Crippen molar-refractivity contribution in [1.82, 2.24) is 9.88 Å². The van der Waals surface area contributed by atoms with Crippen LogP contribution in [0.1, 0.15) is 29.7 Å². The van der Waals surface area contributed by atoms with E-state index in [-0.39, 0.29) is 18.0 Å². The smallest absolute Gasteiger partial charge is 0.251 e. The highest BCUT2D eigenvalue weighted by molar-refractivity contribution is 5.85. The van der Waals surface area contributed by atoms with E-state index < -0.39 is 0 Å². The second kappa shape index (κ2) is 4.22. The molecule has 0 saturated heterocycles. The summed E-state index contributed by atoms with van der Waals surface area (Å²) < 4.78 is 1.99. The lowest BCUT2D eigenvalue weighted by atomic mass is 10.1. The zero-order valence-electron chi connectivity index (χ0n) is 9.45. The van der Waals surface area contributed by atoms with E-state index in [1.165, 1.54) is 24.1 Å². The van der Waals surface area contributed by atoms with Crippen LogP contribution in [-0.4, -0.2) is 4.57 Å². The Labute approximate surface area is 101 Å². The number of hydrogen-bond donors (Lipinski definition) is 1. The summed E-state index contributed by atoms with van der Waals surface area (Å²) in [5.41, 5.74) is 3.90. The van der Waals surface area contributed by atoms with Crippen molar-refractivity contribution in [2.45, 2.75) is 39.4 Å². The number of hydrogen-bond acceptors (Lipinski definition) is 2. The van der Waals surface area contributed by atoms with Crippen LogP contribution in [0.4, 0.5) is 0 Å². The SMILES string of the molecule is Cc1cc(=O)n(CC2CC2)c2c1CNC2.Cl. The molecule has 0 amide bonds. The summed E-state index contributed by atoms with van der Waals surface area (Å²) in [5.74, 6) is 0.759. The largest absolute Gasteiger partial charge is 0.311 e. The highest BCUT2D eigenvalue weighted by Crippen LogP contribution is 2.31. The van der Waals surface area contributed by atoms with E-state index in [1.807, 2.05) is 11.5 Å². The standard InChI is InChI=1S/C12H16N2O.ClH/c1-8-4-12(15)14(7-9-2-3-9)11-6-13-5-10(8)11;/h4,9,13H,2-3,5-7H2,1H3;1H. The number of halogens is 1. The lowest BCUT2D eigenvalue weighted by Crippen LogP contribution is -2.24. The molecule has 2 heterocycles. The Bertz CT molecular complexity index is 463. The topological polar surface area (TPSA) is 34.0 Å². The molecule has 2 aliphatic rings. The third-order valence-electron chi connectivity index (χ3n) is 3.49. The molecule has 0 bridgehead atoms. The lowest BCUT2D eigenvalue weighted by molar-refractivity contribution is 0.576. The number of aryl methyl sites for hydroxylation is 1. The number of pyridine rings is 1. The van der Waals surface area contributed by atoms with Crippen LogP contribution in [0, 0.1) is 12.8 Å². The van der Waals surface area contributed by atoms with E-state index in [9.17, 15) is 4.79 Å². The average Bonchev–Trinajstić information content (AvgIpc) is 2.87. The molecule has 0 spiro atoms. The summed E-state index contributed by atoms with van der Waals surface area (Å²) in [4.78, 5) is 11.9. The predicted molar refractivity (Wildman–Crippen MR) is 66.0 cm³/mol. The Morgan fingerprint density at radius 3 is 2.88 bits per heavy atom. The van der Waals surface area contributed by atoms with Crippen molar-refractivity contribution >= 4 is 12.4 Å². The minimum absolute atomic E-state index is 0. The fourth-order valence-corrected chi connectivity index (χ4v) is 2.38. The Morgan fingerprint density at radius 1 is 1.44 bits per heavy atom. The van der Waals surface area contributed by atoms with Gasteiger partial charge in [-0.1, -0.05) is 0 Å². The van der Waals surface area contributed by atoms with Gasteiger partial charge in [0, 0.05) is 31.4 Å². The van der Waals surface area contributed by atoms with Crippen molar-refractivity contribution in [2.24, 2.45) is 5.92 Å². The van der Waals surface area contributed by atoms with E-state index in [1.54, 1.807) is 6.07 Å². The van der Waals surface area contributed by atoms with Gasteiger partial charge in [0.05, 0.1) is 0 Å². The maximum Gasteiger partial charge on any atom is 0.251 e. The predicted octanol–water partition coefficient (Wildman–Crippen LogP) is 1.59. The molecule has 4 heteroatoms. The Balaban J connectivity index is 0.000000963. The Morgan fingerprint density at radius 2 is 2.19 bits per heavy atom. The van der Waals surface area contributed by atoms with Gasteiger partial charge < -0.3 is 9.88 Å². The number of nitrogens with zero attached hydrogens (tertiary/aromatic N) is 1. The molecule has 0 atom stereocenters. The minimum Gasteiger partial charge on any atom is -0.311 e. The van der Waals surface area contributed by atoms with Gasteiger partial charge in [0.2, 0.25) is 0 Å². The van der Waals surface area contributed by atoms with Crippen molar-refractivity contribution in [2.75, 3.05) is 0 Å². The van der Waals surface area contributed by atoms with Crippen molar-refractivity contribution in [3.63, 3.8) is 0 Å². The molecule has 0 aromatic carbocycles.